The van der Waals surface area contributed by atoms with Crippen LogP contribution in [0.1, 0.15) is 33.6 Å². The summed E-state index contributed by atoms with van der Waals surface area (Å²) >= 11 is 2.37. The molecule has 5 heteroatoms. The fraction of sp³-hybridized carbons (Fsp3) is 0.867. The molecular formula is C15H27IO3Si. The first-order valence-corrected chi connectivity index (χ1v) is 11.4. The zero-order valence-corrected chi connectivity index (χ0v) is 16.5. The first kappa shape index (κ1) is 16.9. The molecular weight excluding hydrogens is 383 g/mol. The lowest BCUT2D eigenvalue weighted by atomic mass is 9.92. The Hall–Kier alpha value is 0.567. The fourth-order valence-corrected chi connectivity index (χ4v) is 4.47. The van der Waals surface area contributed by atoms with E-state index >= 15 is 0 Å². The van der Waals surface area contributed by atoms with Gasteiger partial charge in [0.1, 0.15) is 0 Å². The van der Waals surface area contributed by atoms with Crippen molar-refractivity contribution in [3.63, 3.8) is 0 Å². The summed E-state index contributed by atoms with van der Waals surface area (Å²) in [6, 6.07) is 0. The smallest absolute Gasteiger partial charge is 0.200 e. The molecule has 116 valence electrons. The number of hydrogen-bond donors (Lipinski definition) is 0. The van der Waals surface area contributed by atoms with Crippen LogP contribution in [0.2, 0.25) is 18.1 Å². The number of rotatable bonds is 3. The molecule has 2 aliphatic rings. The van der Waals surface area contributed by atoms with E-state index < -0.39 is 14.1 Å². The third-order valence-corrected chi connectivity index (χ3v) is 10.5. The molecule has 3 nitrogen and oxygen atoms in total. The molecule has 2 rings (SSSR count). The molecule has 0 amide bonds. The molecule has 0 aromatic rings. The van der Waals surface area contributed by atoms with Crippen LogP contribution in [0.25, 0.3) is 0 Å². The van der Waals surface area contributed by atoms with Crippen molar-refractivity contribution in [2.45, 2.75) is 57.5 Å². The molecule has 20 heavy (non-hydrogen) atoms. The first-order valence-electron chi connectivity index (χ1n) is 7.46. The highest BCUT2D eigenvalue weighted by Crippen LogP contribution is 2.43. The standard InChI is InChI=1S/C15H27IO3Si/c1-14(2,3)20(4,5)19-11-12-6-7-15(13(16)10-12)17-8-9-18-15/h10,12H,6-9,11H2,1-5H3/t12-/m1/s1. The van der Waals surface area contributed by atoms with E-state index in [4.69, 9.17) is 13.9 Å². The van der Waals surface area contributed by atoms with E-state index in [1.54, 1.807) is 0 Å². The van der Waals surface area contributed by atoms with Gasteiger partial charge in [0.25, 0.3) is 0 Å². The minimum atomic E-state index is -1.65. The van der Waals surface area contributed by atoms with E-state index in [1.165, 1.54) is 3.58 Å². The van der Waals surface area contributed by atoms with Crippen molar-refractivity contribution < 1.29 is 13.9 Å². The zero-order valence-electron chi connectivity index (χ0n) is 13.3. The molecule has 0 unspecified atom stereocenters. The van der Waals surface area contributed by atoms with Gasteiger partial charge in [-0.05, 0) is 47.1 Å². The van der Waals surface area contributed by atoms with E-state index in [-0.39, 0.29) is 5.04 Å². The predicted octanol–water partition coefficient (Wildman–Crippen LogP) is 4.48. The Bertz CT molecular complexity index is 381. The van der Waals surface area contributed by atoms with Gasteiger partial charge in [-0.15, -0.1) is 0 Å². The molecule has 1 fully saturated rings. The van der Waals surface area contributed by atoms with Crippen molar-refractivity contribution >= 4 is 30.9 Å². The maximum atomic E-state index is 6.34. The summed E-state index contributed by atoms with van der Waals surface area (Å²) in [4.78, 5) is 0. The Morgan fingerprint density at radius 2 is 1.95 bits per heavy atom. The quantitative estimate of drug-likeness (QED) is 0.507. The molecule has 0 aromatic heterocycles. The minimum Gasteiger partial charge on any atom is -0.416 e. The largest absolute Gasteiger partial charge is 0.416 e. The SMILES string of the molecule is CC(C)(C)[Si](C)(C)OC[C@H]1C=C(I)C2(CC1)OCCO2. The molecule has 0 saturated carbocycles. The lowest BCUT2D eigenvalue weighted by molar-refractivity contribution is -0.129. The molecule has 1 atom stereocenters. The van der Waals surface area contributed by atoms with Crippen LogP contribution in [-0.4, -0.2) is 33.9 Å². The van der Waals surface area contributed by atoms with Gasteiger partial charge in [0.2, 0.25) is 0 Å². The summed E-state index contributed by atoms with van der Waals surface area (Å²) in [5.41, 5.74) is 0. The van der Waals surface area contributed by atoms with Crippen molar-refractivity contribution in [1.29, 1.82) is 0 Å². The first-order chi connectivity index (χ1) is 9.16. The molecule has 1 saturated heterocycles. The van der Waals surface area contributed by atoms with Crippen molar-refractivity contribution in [2.75, 3.05) is 19.8 Å². The second-order valence-electron chi connectivity index (χ2n) is 7.33. The van der Waals surface area contributed by atoms with Gasteiger partial charge in [-0.3, -0.25) is 0 Å². The van der Waals surface area contributed by atoms with Crippen LogP contribution in [-0.2, 0) is 13.9 Å². The molecule has 1 heterocycles. The summed E-state index contributed by atoms with van der Waals surface area (Å²) in [6.45, 7) is 13.7. The lowest BCUT2D eigenvalue weighted by Gasteiger charge is -2.38. The van der Waals surface area contributed by atoms with Crippen LogP contribution in [0.5, 0.6) is 0 Å². The van der Waals surface area contributed by atoms with Crippen molar-refractivity contribution in [2.24, 2.45) is 5.92 Å². The highest BCUT2D eigenvalue weighted by atomic mass is 127. The van der Waals surface area contributed by atoms with E-state index in [2.05, 4.69) is 62.5 Å². The van der Waals surface area contributed by atoms with Gasteiger partial charge in [0.05, 0.1) is 13.2 Å². The van der Waals surface area contributed by atoms with Crippen LogP contribution < -0.4 is 0 Å². The average Bonchev–Trinajstić information content (AvgIpc) is 2.79. The van der Waals surface area contributed by atoms with Gasteiger partial charge in [-0.25, -0.2) is 0 Å². The maximum Gasteiger partial charge on any atom is 0.200 e. The lowest BCUT2D eigenvalue weighted by Crippen LogP contribution is -2.42. The van der Waals surface area contributed by atoms with Gasteiger partial charge in [0, 0.05) is 22.5 Å². The molecule has 0 radical (unpaired) electrons. The Balaban J connectivity index is 1.95. The van der Waals surface area contributed by atoms with Gasteiger partial charge in [0.15, 0.2) is 14.1 Å². The van der Waals surface area contributed by atoms with Gasteiger partial charge >= 0.3 is 0 Å². The molecule has 1 aliphatic carbocycles. The number of ether oxygens (including phenoxy) is 2. The van der Waals surface area contributed by atoms with Crippen molar-refractivity contribution in [3.05, 3.63) is 9.66 Å². The third-order valence-electron chi connectivity index (χ3n) is 4.81. The summed E-state index contributed by atoms with van der Waals surface area (Å²) in [5, 5.41) is 0.275. The zero-order chi connectivity index (χ0) is 15.0. The summed E-state index contributed by atoms with van der Waals surface area (Å²) in [6.07, 6.45) is 4.33. The third kappa shape index (κ3) is 3.48. The Labute approximate surface area is 137 Å². The normalized spacial score (nSPS) is 26.9. The molecule has 1 aliphatic heterocycles. The average molecular weight is 410 g/mol. The monoisotopic (exact) mass is 410 g/mol. The minimum absolute atomic E-state index is 0.275. The van der Waals surface area contributed by atoms with Crippen molar-refractivity contribution in [3.8, 4) is 0 Å². The second-order valence-corrected chi connectivity index (χ2v) is 13.3. The van der Waals surface area contributed by atoms with Gasteiger partial charge in [-0.1, -0.05) is 26.8 Å². The second kappa shape index (κ2) is 5.99. The fourth-order valence-electron chi connectivity index (χ4n) is 2.31. The van der Waals surface area contributed by atoms with E-state index in [9.17, 15) is 0 Å². The van der Waals surface area contributed by atoms with Crippen LogP contribution in [0.15, 0.2) is 9.66 Å². The Morgan fingerprint density at radius 1 is 1.35 bits per heavy atom. The van der Waals surface area contributed by atoms with Crippen molar-refractivity contribution in [1.82, 2.24) is 0 Å². The summed E-state index contributed by atoms with van der Waals surface area (Å²) < 4.78 is 19.2. The van der Waals surface area contributed by atoms with Gasteiger partial charge in [-0.2, -0.15) is 0 Å². The Morgan fingerprint density at radius 3 is 2.45 bits per heavy atom. The highest BCUT2D eigenvalue weighted by Gasteiger charge is 2.43. The van der Waals surface area contributed by atoms with E-state index in [0.717, 1.165) is 19.4 Å². The summed E-state index contributed by atoms with van der Waals surface area (Å²) in [5.74, 6) is 0.0723. The van der Waals surface area contributed by atoms with Crippen LogP contribution in [0.3, 0.4) is 0 Å². The topological polar surface area (TPSA) is 27.7 Å². The number of halogens is 1. The molecule has 0 aromatic carbocycles. The Kier molecular flexibility index (Phi) is 5.07. The van der Waals surface area contributed by atoms with Crippen LogP contribution >= 0.6 is 22.6 Å². The van der Waals surface area contributed by atoms with Crippen LogP contribution in [0, 0.1) is 5.92 Å². The predicted molar refractivity (Wildman–Crippen MR) is 92.6 cm³/mol. The number of hydrogen-bond acceptors (Lipinski definition) is 3. The van der Waals surface area contributed by atoms with E-state index in [0.29, 0.717) is 19.1 Å². The highest BCUT2D eigenvalue weighted by molar-refractivity contribution is 14.1. The van der Waals surface area contributed by atoms with E-state index in [1.807, 2.05) is 0 Å². The van der Waals surface area contributed by atoms with Gasteiger partial charge < -0.3 is 13.9 Å². The summed E-state index contributed by atoms with van der Waals surface area (Å²) in [7, 11) is -1.65. The maximum absolute atomic E-state index is 6.34. The van der Waals surface area contributed by atoms with Crippen LogP contribution in [0.4, 0.5) is 0 Å². The molecule has 0 N–H and O–H groups in total. The molecule has 1 spiro atoms. The molecule has 0 bridgehead atoms.